The predicted octanol–water partition coefficient (Wildman–Crippen LogP) is 1.90. The molecule has 1 aromatic carbocycles. The zero-order chi connectivity index (χ0) is 17.3. The van der Waals surface area contributed by atoms with Gasteiger partial charge in [0.25, 0.3) is 0 Å². The van der Waals surface area contributed by atoms with Crippen molar-refractivity contribution in [2.75, 3.05) is 18.0 Å². The fraction of sp³-hybridized carbons (Fsp3) is 0.471. The zero-order valence-electron chi connectivity index (χ0n) is 13.1. The maximum Gasteiger partial charge on any atom is 0.234 e. The van der Waals surface area contributed by atoms with Crippen LogP contribution in [0.3, 0.4) is 0 Å². The van der Waals surface area contributed by atoms with E-state index >= 15 is 0 Å². The second-order valence-electron chi connectivity index (χ2n) is 6.29. The van der Waals surface area contributed by atoms with Crippen LogP contribution in [-0.4, -0.2) is 31.2 Å². The summed E-state index contributed by atoms with van der Waals surface area (Å²) in [7, 11) is 0. The highest BCUT2D eigenvalue weighted by molar-refractivity contribution is 6.01. The average molecular weight is 336 g/mol. The highest BCUT2D eigenvalue weighted by atomic mass is 19.1. The summed E-state index contributed by atoms with van der Waals surface area (Å²) >= 11 is 0. The molecular weight excluding hydrogens is 318 g/mol. The minimum atomic E-state index is -0.988. The van der Waals surface area contributed by atoms with Crippen molar-refractivity contribution in [3.63, 3.8) is 0 Å². The van der Waals surface area contributed by atoms with Crippen LogP contribution in [-0.2, 0) is 14.4 Å². The average Bonchev–Trinajstić information content (AvgIpc) is 2.56. The van der Waals surface area contributed by atoms with Gasteiger partial charge in [-0.15, -0.1) is 0 Å². The van der Waals surface area contributed by atoms with Crippen LogP contribution in [0.1, 0.15) is 37.2 Å². The Kier molecular flexibility index (Phi) is 4.59. The van der Waals surface area contributed by atoms with Gasteiger partial charge in [-0.1, -0.05) is 0 Å². The Morgan fingerprint density at radius 1 is 1.08 bits per heavy atom. The summed E-state index contributed by atoms with van der Waals surface area (Å²) in [5.41, 5.74) is 0.122. The van der Waals surface area contributed by atoms with Crippen LogP contribution in [0.4, 0.5) is 14.5 Å². The van der Waals surface area contributed by atoms with E-state index in [0.29, 0.717) is 31.6 Å². The molecule has 0 saturated carbocycles. The van der Waals surface area contributed by atoms with E-state index in [0.717, 1.165) is 6.29 Å². The second kappa shape index (κ2) is 6.67. The molecule has 2 saturated heterocycles. The van der Waals surface area contributed by atoms with Gasteiger partial charge in [0.15, 0.2) is 0 Å². The SMILES string of the molecule is O=CC1CCN(c2cc(F)c(C3CCC(=O)NC3=O)c(F)c2)CC1. The summed E-state index contributed by atoms with van der Waals surface area (Å²) in [6.07, 6.45) is 2.40. The summed E-state index contributed by atoms with van der Waals surface area (Å²) in [5, 5.41) is 2.12. The van der Waals surface area contributed by atoms with Gasteiger partial charge in [0.2, 0.25) is 11.8 Å². The van der Waals surface area contributed by atoms with E-state index in [9.17, 15) is 23.2 Å². The highest BCUT2D eigenvalue weighted by Crippen LogP contribution is 2.33. The number of halogens is 2. The fourth-order valence-corrected chi connectivity index (χ4v) is 3.35. The van der Waals surface area contributed by atoms with Crippen LogP contribution in [0.25, 0.3) is 0 Å². The van der Waals surface area contributed by atoms with E-state index in [2.05, 4.69) is 5.32 Å². The highest BCUT2D eigenvalue weighted by Gasteiger charge is 2.33. The first-order chi connectivity index (χ1) is 11.5. The number of carbonyl (C=O) groups is 3. The number of rotatable bonds is 3. The van der Waals surface area contributed by atoms with Gasteiger partial charge < -0.3 is 9.69 Å². The number of nitrogens with zero attached hydrogens (tertiary/aromatic N) is 1. The molecule has 0 aliphatic carbocycles. The van der Waals surface area contributed by atoms with Crippen molar-refractivity contribution in [2.24, 2.45) is 5.92 Å². The molecule has 7 heteroatoms. The number of hydrogen-bond donors (Lipinski definition) is 1. The van der Waals surface area contributed by atoms with Crippen LogP contribution >= 0.6 is 0 Å². The Balaban J connectivity index is 1.83. The number of carbonyl (C=O) groups excluding carboxylic acids is 3. The summed E-state index contributed by atoms with van der Waals surface area (Å²) < 4.78 is 29.0. The molecule has 128 valence electrons. The van der Waals surface area contributed by atoms with Crippen molar-refractivity contribution in [2.45, 2.75) is 31.6 Å². The Labute approximate surface area is 138 Å². The van der Waals surface area contributed by atoms with E-state index in [1.807, 2.05) is 4.90 Å². The van der Waals surface area contributed by atoms with Crippen molar-refractivity contribution >= 4 is 23.8 Å². The third-order valence-electron chi connectivity index (χ3n) is 4.75. The third kappa shape index (κ3) is 3.16. The van der Waals surface area contributed by atoms with E-state index in [4.69, 9.17) is 0 Å². The van der Waals surface area contributed by atoms with E-state index < -0.39 is 29.4 Å². The topological polar surface area (TPSA) is 66.5 Å². The molecule has 1 aromatic rings. The Bertz CT molecular complexity index is 661. The molecule has 2 fully saturated rings. The van der Waals surface area contributed by atoms with Crippen molar-refractivity contribution in [3.05, 3.63) is 29.3 Å². The molecular formula is C17H18F2N2O3. The van der Waals surface area contributed by atoms with Crippen molar-refractivity contribution in [1.29, 1.82) is 0 Å². The van der Waals surface area contributed by atoms with Crippen LogP contribution in [0, 0.1) is 17.6 Å². The van der Waals surface area contributed by atoms with Crippen molar-refractivity contribution in [3.8, 4) is 0 Å². The smallest absolute Gasteiger partial charge is 0.234 e. The minimum Gasteiger partial charge on any atom is -0.371 e. The fourth-order valence-electron chi connectivity index (χ4n) is 3.35. The number of imide groups is 1. The number of benzene rings is 1. The molecule has 0 radical (unpaired) electrons. The number of piperidine rings is 2. The summed E-state index contributed by atoms with van der Waals surface area (Å²) in [6, 6.07) is 2.45. The first kappa shape index (κ1) is 16.5. The molecule has 0 bridgehead atoms. The largest absolute Gasteiger partial charge is 0.371 e. The Hall–Kier alpha value is -2.31. The Morgan fingerprint density at radius 3 is 2.25 bits per heavy atom. The molecule has 1 atom stereocenters. The first-order valence-corrected chi connectivity index (χ1v) is 8.02. The van der Waals surface area contributed by atoms with E-state index in [1.165, 1.54) is 12.1 Å². The minimum absolute atomic E-state index is 0.00121. The van der Waals surface area contributed by atoms with Gasteiger partial charge in [0, 0.05) is 36.7 Å². The molecule has 0 spiro atoms. The summed E-state index contributed by atoms with van der Waals surface area (Å²) in [5.74, 6) is -3.64. The molecule has 2 amide bonds. The molecule has 5 nitrogen and oxygen atoms in total. The number of anilines is 1. The normalized spacial score (nSPS) is 22.4. The van der Waals surface area contributed by atoms with Gasteiger partial charge in [0.1, 0.15) is 17.9 Å². The number of hydrogen-bond acceptors (Lipinski definition) is 4. The van der Waals surface area contributed by atoms with Crippen LogP contribution in [0.2, 0.25) is 0 Å². The zero-order valence-corrected chi connectivity index (χ0v) is 13.1. The maximum absolute atomic E-state index is 14.5. The third-order valence-corrected chi connectivity index (χ3v) is 4.75. The Morgan fingerprint density at radius 2 is 1.71 bits per heavy atom. The second-order valence-corrected chi connectivity index (χ2v) is 6.29. The molecule has 3 rings (SSSR count). The van der Waals surface area contributed by atoms with Gasteiger partial charge in [0.05, 0.1) is 5.92 Å². The molecule has 0 aromatic heterocycles. The molecule has 1 unspecified atom stereocenters. The molecule has 2 aliphatic rings. The maximum atomic E-state index is 14.5. The lowest BCUT2D eigenvalue weighted by atomic mass is 9.89. The lowest BCUT2D eigenvalue weighted by Gasteiger charge is -2.32. The van der Waals surface area contributed by atoms with E-state index in [-0.39, 0.29) is 24.3 Å². The summed E-state index contributed by atoms with van der Waals surface area (Å²) in [6.45, 7) is 1.11. The quantitative estimate of drug-likeness (QED) is 0.676. The van der Waals surface area contributed by atoms with Gasteiger partial charge in [-0.2, -0.15) is 0 Å². The number of amides is 2. The van der Waals surface area contributed by atoms with Crippen LogP contribution < -0.4 is 10.2 Å². The van der Waals surface area contributed by atoms with Gasteiger partial charge in [-0.3, -0.25) is 14.9 Å². The molecule has 24 heavy (non-hydrogen) atoms. The lowest BCUT2D eigenvalue weighted by Crippen LogP contribution is -2.40. The van der Waals surface area contributed by atoms with E-state index in [1.54, 1.807) is 0 Å². The number of nitrogens with one attached hydrogen (secondary N) is 1. The molecule has 1 N–H and O–H groups in total. The molecule has 2 aliphatic heterocycles. The van der Waals surface area contributed by atoms with Gasteiger partial charge >= 0.3 is 0 Å². The van der Waals surface area contributed by atoms with Gasteiger partial charge in [-0.25, -0.2) is 8.78 Å². The number of aldehydes is 1. The monoisotopic (exact) mass is 336 g/mol. The molecule has 2 heterocycles. The predicted molar refractivity (Wildman–Crippen MR) is 82.5 cm³/mol. The lowest BCUT2D eigenvalue weighted by molar-refractivity contribution is -0.134. The van der Waals surface area contributed by atoms with Gasteiger partial charge in [-0.05, 0) is 31.4 Å². The van der Waals surface area contributed by atoms with Crippen LogP contribution in [0.15, 0.2) is 12.1 Å². The van der Waals surface area contributed by atoms with Crippen molar-refractivity contribution in [1.82, 2.24) is 5.32 Å². The van der Waals surface area contributed by atoms with Crippen molar-refractivity contribution < 1.29 is 23.2 Å². The standard InChI is InChI=1S/C17H18F2N2O3/c18-13-7-11(21-5-3-10(9-22)4-6-21)8-14(19)16(13)12-1-2-15(23)20-17(12)24/h7-10,12H,1-6H2,(H,20,23,24). The first-order valence-electron chi connectivity index (χ1n) is 8.02. The summed E-state index contributed by atoms with van der Waals surface area (Å²) in [4.78, 5) is 35.7. The van der Waals surface area contributed by atoms with Crippen LogP contribution in [0.5, 0.6) is 0 Å².